The van der Waals surface area contributed by atoms with Crippen molar-refractivity contribution in [2.75, 3.05) is 0 Å². The van der Waals surface area contributed by atoms with Gasteiger partial charge >= 0.3 is 0 Å². The second kappa shape index (κ2) is 7.75. The molecule has 6 rings (SSSR count). The second-order valence-electron chi connectivity index (χ2n) is 10.2. The van der Waals surface area contributed by atoms with Gasteiger partial charge < -0.3 is 4.42 Å². The molecule has 0 amide bonds. The van der Waals surface area contributed by atoms with Crippen LogP contribution in [0.2, 0.25) is 0 Å². The summed E-state index contributed by atoms with van der Waals surface area (Å²) in [6.07, 6.45) is 9.89. The average molecular weight is 442 g/mol. The maximum Gasteiger partial charge on any atom is 0.213 e. The van der Waals surface area contributed by atoms with Crippen LogP contribution in [-0.2, 0) is 12.8 Å². The standard InChI is InChI=1S/C28H28FN3O/c1-17-5-6-19-13-21(23-16-30-25(33-23)15-28(2)11-3-4-12-28)27(32-26(17)19)20-8-7-18-9-10-24(29)31-22(18)14-20/h7-10,13-14,16-17H,3-6,11-12,15H2,1-2H3. The number of aryl methyl sites for hydroxylation is 1. The normalized spacial score (nSPS) is 19.3. The van der Waals surface area contributed by atoms with Crippen molar-refractivity contribution in [1.29, 1.82) is 0 Å². The number of nitrogens with zero attached hydrogens (tertiary/aromatic N) is 3. The van der Waals surface area contributed by atoms with E-state index >= 15 is 0 Å². The van der Waals surface area contributed by atoms with Gasteiger partial charge in [0.15, 0.2) is 11.7 Å². The lowest BCUT2D eigenvalue weighted by atomic mass is 9.85. The molecule has 3 heterocycles. The Hall–Kier alpha value is -3.08. The predicted molar refractivity (Wildman–Crippen MR) is 127 cm³/mol. The van der Waals surface area contributed by atoms with Crippen molar-refractivity contribution in [3.05, 3.63) is 65.7 Å². The summed E-state index contributed by atoms with van der Waals surface area (Å²) in [5.74, 6) is 1.51. The van der Waals surface area contributed by atoms with Crippen LogP contribution in [0, 0.1) is 11.4 Å². The van der Waals surface area contributed by atoms with E-state index in [1.165, 1.54) is 37.3 Å². The van der Waals surface area contributed by atoms with Gasteiger partial charge in [0.25, 0.3) is 0 Å². The summed E-state index contributed by atoms with van der Waals surface area (Å²) >= 11 is 0. The van der Waals surface area contributed by atoms with Gasteiger partial charge in [-0.2, -0.15) is 4.39 Å². The molecule has 1 fully saturated rings. The Labute approximate surface area is 193 Å². The summed E-state index contributed by atoms with van der Waals surface area (Å²) in [5.41, 5.74) is 6.06. The summed E-state index contributed by atoms with van der Waals surface area (Å²) in [7, 11) is 0. The number of benzene rings is 1. The number of oxazole rings is 1. The van der Waals surface area contributed by atoms with Crippen LogP contribution in [0.15, 0.2) is 47.0 Å². The molecule has 0 N–H and O–H groups in total. The van der Waals surface area contributed by atoms with Crippen LogP contribution >= 0.6 is 0 Å². The Morgan fingerprint density at radius 3 is 2.76 bits per heavy atom. The van der Waals surface area contributed by atoms with E-state index in [0.717, 1.165) is 58.8 Å². The molecule has 1 unspecified atom stereocenters. The monoisotopic (exact) mass is 441 g/mol. The fraction of sp³-hybridized carbons (Fsp3) is 0.393. The molecule has 5 heteroatoms. The molecule has 4 aromatic rings. The lowest BCUT2D eigenvalue weighted by Gasteiger charge is -2.20. The van der Waals surface area contributed by atoms with E-state index in [2.05, 4.69) is 29.9 Å². The van der Waals surface area contributed by atoms with Crippen LogP contribution < -0.4 is 0 Å². The molecule has 4 nitrogen and oxygen atoms in total. The van der Waals surface area contributed by atoms with Crippen LogP contribution in [0.4, 0.5) is 4.39 Å². The van der Waals surface area contributed by atoms with E-state index in [0.29, 0.717) is 11.4 Å². The average Bonchev–Trinajstić information content (AvgIpc) is 3.53. The van der Waals surface area contributed by atoms with E-state index in [-0.39, 0.29) is 5.41 Å². The first-order valence-electron chi connectivity index (χ1n) is 12.0. The van der Waals surface area contributed by atoms with Gasteiger partial charge in [-0.1, -0.05) is 38.8 Å². The lowest BCUT2D eigenvalue weighted by molar-refractivity contribution is 0.300. The van der Waals surface area contributed by atoms with Crippen LogP contribution in [0.25, 0.3) is 33.5 Å². The van der Waals surface area contributed by atoms with E-state index in [1.807, 2.05) is 24.4 Å². The van der Waals surface area contributed by atoms with Crippen molar-refractivity contribution in [2.24, 2.45) is 5.41 Å². The summed E-state index contributed by atoms with van der Waals surface area (Å²) in [4.78, 5) is 13.9. The Morgan fingerprint density at radius 1 is 1.09 bits per heavy atom. The number of pyridine rings is 2. The molecule has 0 spiro atoms. The maximum absolute atomic E-state index is 13.8. The van der Waals surface area contributed by atoms with E-state index in [1.54, 1.807) is 6.07 Å². The number of hydrogen-bond donors (Lipinski definition) is 0. The first kappa shape index (κ1) is 20.5. The molecule has 0 aliphatic heterocycles. The highest BCUT2D eigenvalue weighted by atomic mass is 19.1. The molecule has 1 aromatic carbocycles. The van der Waals surface area contributed by atoms with Gasteiger partial charge in [-0.3, -0.25) is 4.98 Å². The van der Waals surface area contributed by atoms with E-state index < -0.39 is 5.95 Å². The summed E-state index contributed by atoms with van der Waals surface area (Å²) in [6, 6.07) is 11.3. The van der Waals surface area contributed by atoms with Gasteiger partial charge in [-0.15, -0.1) is 0 Å². The molecule has 0 radical (unpaired) electrons. The minimum atomic E-state index is -0.476. The Morgan fingerprint density at radius 2 is 1.91 bits per heavy atom. The fourth-order valence-corrected chi connectivity index (χ4v) is 5.64. The lowest BCUT2D eigenvalue weighted by Crippen LogP contribution is -2.14. The van der Waals surface area contributed by atoms with Crippen molar-refractivity contribution in [1.82, 2.24) is 15.0 Å². The summed E-state index contributed by atoms with van der Waals surface area (Å²) < 4.78 is 20.1. The zero-order valence-electron chi connectivity index (χ0n) is 19.2. The minimum Gasteiger partial charge on any atom is -0.441 e. The fourth-order valence-electron chi connectivity index (χ4n) is 5.64. The third-order valence-electron chi connectivity index (χ3n) is 7.59. The molecular weight excluding hydrogens is 413 g/mol. The van der Waals surface area contributed by atoms with Gasteiger partial charge in [-0.25, -0.2) is 9.97 Å². The molecule has 0 bridgehead atoms. The number of fused-ring (bicyclic) bond motifs is 2. The third kappa shape index (κ3) is 3.73. The van der Waals surface area contributed by atoms with Gasteiger partial charge in [0.05, 0.1) is 17.4 Å². The highest BCUT2D eigenvalue weighted by Crippen LogP contribution is 2.42. The number of halogens is 1. The maximum atomic E-state index is 13.8. The molecule has 0 saturated heterocycles. The molecule has 2 aliphatic rings. The minimum absolute atomic E-state index is 0.282. The van der Waals surface area contributed by atoms with Crippen molar-refractivity contribution < 1.29 is 8.81 Å². The SMILES string of the molecule is CC1CCc2cc(-c3cnc(CC4(C)CCCC4)o3)c(-c3ccc4ccc(F)nc4c3)nc21. The van der Waals surface area contributed by atoms with E-state index in [4.69, 9.17) is 9.40 Å². The van der Waals surface area contributed by atoms with Gasteiger partial charge in [0, 0.05) is 28.6 Å². The topological polar surface area (TPSA) is 51.8 Å². The highest BCUT2D eigenvalue weighted by molar-refractivity contribution is 5.87. The summed E-state index contributed by atoms with van der Waals surface area (Å²) in [5, 5.41) is 0.906. The molecule has 1 atom stereocenters. The van der Waals surface area contributed by atoms with E-state index in [9.17, 15) is 4.39 Å². The molecule has 2 aliphatic carbocycles. The quantitative estimate of drug-likeness (QED) is 0.313. The first-order chi connectivity index (χ1) is 16.0. The molecule has 1 saturated carbocycles. The number of hydrogen-bond acceptors (Lipinski definition) is 4. The highest BCUT2D eigenvalue weighted by Gasteiger charge is 2.31. The zero-order valence-corrected chi connectivity index (χ0v) is 19.2. The Bertz CT molecular complexity index is 1350. The van der Waals surface area contributed by atoms with Crippen molar-refractivity contribution >= 4 is 10.9 Å². The Kier molecular flexibility index (Phi) is 4.82. The first-order valence-corrected chi connectivity index (χ1v) is 12.0. The smallest absolute Gasteiger partial charge is 0.213 e. The molecule has 168 valence electrons. The number of aromatic nitrogens is 3. The molecular formula is C28H28FN3O. The van der Waals surface area contributed by atoms with Crippen LogP contribution in [0.1, 0.15) is 69.0 Å². The predicted octanol–water partition coefficient (Wildman–Crippen LogP) is 7.26. The molecule has 3 aromatic heterocycles. The molecule has 33 heavy (non-hydrogen) atoms. The van der Waals surface area contributed by atoms with Crippen LogP contribution in [0.5, 0.6) is 0 Å². The van der Waals surface area contributed by atoms with Gasteiger partial charge in [0.2, 0.25) is 5.95 Å². The van der Waals surface area contributed by atoms with Crippen molar-refractivity contribution in [3.63, 3.8) is 0 Å². The zero-order chi connectivity index (χ0) is 22.6. The number of rotatable bonds is 4. The van der Waals surface area contributed by atoms with Crippen molar-refractivity contribution in [2.45, 2.75) is 64.7 Å². The Balaban J connectivity index is 1.46. The third-order valence-corrected chi connectivity index (χ3v) is 7.59. The van der Waals surface area contributed by atoms with Crippen molar-refractivity contribution in [3.8, 4) is 22.6 Å². The van der Waals surface area contributed by atoms with Gasteiger partial charge in [-0.05, 0) is 66.8 Å². The summed E-state index contributed by atoms with van der Waals surface area (Å²) in [6.45, 7) is 4.57. The second-order valence-corrected chi connectivity index (χ2v) is 10.2. The van der Waals surface area contributed by atoms with Crippen LogP contribution in [-0.4, -0.2) is 15.0 Å². The van der Waals surface area contributed by atoms with Crippen LogP contribution in [0.3, 0.4) is 0 Å². The largest absolute Gasteiger partial charge is 0.441 e. The van der Waals surface area contributed by atoms with Gasteiger partial charge in [0.1, 0.15) is 0 Å².